The van der Waals surface area contributed by atoms with E-state index < -0.39 is 0 Å². The van der Waals surface area contributed by atoms with E-state index in [-0.39, 0.29) is 11.9 Å². The van der Waals surface area contributed by atoms with Gasteiger partial charge in [0.15, 0.2) is 0 Å². The Kier molecular flexibility index (Phi) is 4.29. The third-order valence-corrected chi connectivity index (χ3v) is 4.12. The van der Waals surface area contributed by atoms with Crippen molar-refractivity contribution in [1.29, 1.82) is 0 Å². The number of hydrogen-bond donors (Lipinski definition) is 2. The zero-order chi connectivity index (χ0) is 15.5. The highest BCUT2D eigenvalue weighted by atomic mass is 16.2. The van der Waals surface area contributed by atoms with Crippen LogP contribution in [0, 0.1) is 0 Å². The van der Waals surface area contributed by atoms with Gasteiger partial charge in [0.25, 0.3) is 0 Å². The van der Waals surface area contributed by atoms with Gasteiger partial charge in [-0.05, 0) is 37.1 Å². The van der Waals surface area contributed by atoms with E-state index in [0.29, 0.717) is 0 Å². The van der Waals surface area contributed by atoms with Crippen LogP contribution in [0.2, 0.25) is 0 Å². The molecular formula is C16H22N4O2. The van der Waals surface area contributed by atoms with Crippen LogP contribution in [0.3, 0.4) is 0 Å². The van der Waals surface area contributed by atoms with Gasteiger partial charge in [-0.3, -0.25) is 9.69 Å². The van der Waals surface area contributed by atoms with Crippen molar-refractivity contribution in [2.75, 3.05) is 36.8 Å². The van der Waals surface area contributed by atoms with Crippen LogP contribution in [0.4, 0.5) is 16.2 Å². The largest absolute Gasteiger partial charge is 0.326 e. The third kappa shape index (κ3) is 3.76. The van der Waals surface area contributed by atoms with Crippen molar-refractivity contribution in [2.24, 2.45) is 0 Å². The summed E-state index contributed by atoms with van der Waals surface area (Å²) in [5, 5.41) is 5.61. The van der Waals surface area contributed by atoms with Gasteiger partial charge >= 0.3 is 6.03 Å². The number of amides is 3. The Hall–Kier alpha value is -2.08. The number of hydrogen-bond acceptors (Lipinski definition) is 3. The Morgan fingerprint density at radius 3 is 2.00 bits per heavy atom. The molecule has 1 aromatic rings. The van der Waals surface area contributed by atoms with Crippen LogP contribution >= 0.6 is 0 Å². The molecule has 1 saturated carbocycles. The quantitative estimate of drug-likeness (QED) is 0.897. The Bertz CT molecular complexity index is 546. The SMILES string of the molecule is CC(=O)Nc1ccc(NC(=O)N2CCN(C3CC3)CC2)cc1. The molecule has 22 heavy (non-hydrogen) atoms. The number of benzene rings is 1. The predicted molar refractivity (Wildman–Crippen MR) is 85.9 cm³/mol. The average molecular weight is 302 g/mol. The second kappa shape index (κ2) is 6.36. The summed E-state index contributed by atoms with van der Waals surface area (Å²) in [7, 11) is 0. The number of urea groups is 1. The van der Waals surface area contributed by atoms with E-state index in [1.165, 1.54) is 19.8 Å². The molecule has 1 heterocycles. The van der Waals surface area contributed by atoms with Crippen molar-refractivity contribution < 1.29 is 9.59 Å². The van der Waals surface area contributed by atoms with Crippen molar-refractivity contribution in [2.45, 2.75) is 25.8 Å². The second-order valence-corrected chi connectivity index (χ2v) is 5.94. The number of anilines is 2. The minimum absolute atomic E-state index is 0.0530. The van der Waals surface area contributed by atoms with Crippen LogP contribution in [-0.4, -0.2) is 54.0 Å². The van der Waals surface area contributed by atoms with E-state index >= 15 is 0 Å². The molecule has 0 bridgehead atoms. The van der Waals surface area contributed by atoms with Crippen LogP contribution in [0.25, 0.3) is 0 Å². The first kappa shape index (κ1) is 14.8. The van der Waals surface area contributed by atoms with Gasteiger partial charge in [-0.2, -0.15) is 0 Å². The summed E-state index contributed by atoms with van der Waals surface area (Å²) >= 11 is 0. The zero-order valence-corrected chi connectivity index (χ0v) is 12.8. The number of nitrogens with zero attached hydrogens (tertiary/aromatic N) is 2. The molecule has 1 aliphatic carbocycles. The highest BCUT2D eigenvalue weighted by Crippen LogP contribution is 2.27. The molecule has 6 nitrogen and oxygen atoms in total. The highest BCUT2D eigenvalue weighted by molar-refractivity contribution is 5.91. The van der Waals surface area contributed by atoms with E-state index in [4.69, 9.17) is 0 Å². The lowest BCUT2D eigenvalue weighted by Crippen LogP contribution is -2.50. The summed E-state index contributed by atoms with van der Waals surface area (Å²) in [6, 6.07) is 7.87. The number of rotatable bonds is 3. The van der Waals surface area contributed by atoms with E-state index in [1.807, 2.05) is 4.90 Å². The summed E-state index contributed by atoms with van der Waals surface area (Å²) in [6.07, 6.45) is 2.62. The summed E-state index contributed by atoms with van der Waals surface area (Å²) < 4.78 is 0. The van der Waals surface area contributed by atoms with E-state index in [9.17, 15) is 9.59 Å². The molecule has 1 aromatic carbocycles. The molecule has 3 amide bonds. The lowest BCUT2D eigenvalue weighted by molar-refractivity contribution is -0.114. The van der Waals surface area contributed by atoms with Crippen molar-refractivity contribution in [3.63, 3.8) is 0 Å². The molecule has 2 aliphatic rings. The minimum atomic E-state index is -0.106. The van der Waals surface area contributed by atoms with Gasteiger partial charge in [0, 0.05) is 50.5 Å². The van der Waals surface area contributed by atoms with Gasteiger partial charge in [0.2, 0.25) is 5.91 Å². The van der Waals surface area contributed by atoms with Gasteiger partial charge < -0.3 is 15.5 Å². The van der Waals surface area contributed by atoms with E-state index in [0.717, 1.165) is 43.6 Å². The summed E-state index contributed by atoms with van der Waals surface area (Å²) in [6.45, 7) is 4.98. The highest BCUT2D eigenvalue weighted by Gasteiger charge is 2.32. The van der Waals surface area contributed by atoms with Crippen LogP contribution in [0.15, 0.2) is 24.3 Å². The molecule has 1 aliphatic heterocycles. The molecule has 0 aromatic heterocycles. The maximum Gasteiger partial charge on any atom is 0.321 e. The van der Waals surface area contributed by atoms with Crippen LogP contribution in [-0.2, 0) is 4.79 Å². The molecule has 118 valence electrons. The number of carbonyl (C=O) groups is 2. The molecule has 3 rings (SSSR count). The van der Waals surface area contributed by atoms with Gasteiger partial charge in [-0.25, -0.2) is 4.79 Å². The zero-order valence-electron chi connectivity index (χ0n) is 12.8. The van der Waals surface area contributed by atoms with Gasteiger partial charge in [-0.15, -0.1) is 0 Å². The van der Waals surface area contributed by atoms with Crippen molar-refractivity contribution in [1.82, 2.24) is 9.80 Å². The lowest BCUT2D eigenvalue weighted by atomic mass is 10.2. The number of nitrogens with one attached hydrogen (secondary N) is 2. The van der Waals surface area contributed by atoms with Crippen molar-refractivity contribution in [3.8, 4) is 0 Å². The minimum Gasteiger partial charge on any atom is -0.326 e. The Morgan fingerprint density at radius 1 is 0.955 bits per heavy atom. The molecule has 0 radical (unpaired) electrons. The maximum atomic E-state index is 12.2. The van der Waals surface area contributed by atoms with Crippen molar-refractivity contribution >= 4 is 23.3 Å². The standard InChI is InChI=1S/C16H22N4O2/c1-12(21)17-13-2-4-14(5-3-13)18-16(22)20-10-8-19(9-11-20)15-6-7-15/h2-5,15H,6-11H2,1H3,(H,17,21)(H,18,22). The molecule has 0 spiro atoms. The molecule has 2 N–H and O–H groups in total. The van der Waals surface area contributed by atoms with Crippen molar-refractivity contribution in [3.05, 3.63) is 24.3 Å². The number of carbonyl (C=O) groups excluding carboxylic acids is 2. The average Bonchev–Trinajstić information content (AvgIpc) is 3.34. The summed E-state index contributed by atoms with van der Waals surface area (Å²) in [4.78, 5) is 27.6. The fourth-order valence-electron chi connectivity index (χ4n) is 2.77. The van der Waals surface area contributed by atoms with Crippen LogP contribution < -0.4 is 10.6 Å². The fourth-order valence-corrected chi connectivity index (χ4v) is 2.77. The van der Waals surface area contributed by atoms with E-state index in [2.05, 4.69) is 15.5 Å². The summed E-state index contributed by atoms with van der Waals surface area (Å²) in [5.74, 6) is -0.106. The Morgan fingerprint density at radius 2 is 1.50 bits per heavy atom. The monoisotopic (exact) mass is 302 g/mol. The predicted octanol–water partition coefficient (Wildman–Crippen LogP) is 1.96. The smallest absolute Gasteiger partial charge is 0.321 e. The third-order valence-electron chi connectivity index (χ3n) is 4.12. The topological polar surface area (TPSA) is 64.7 Å². The first-order valence-corrected chi connectivity index (χ1v) is 7.79. The molecule has 0 atom stereocenters. The van der Waals surface area contributed by atoms with Gasteiger partial charge in [0.1, 0.15) is 0 Å². The van der Waals surface area contributed by atoms with Crippen LogP contribution in [0.5, 0.6) is 0 Å². The fraction of sp³-hybridized carbons (Fsp3) is 0.500. The molecule has 0 unspecified atom stereocenters. The van der Waals surface area contributed by atoms with Gasteiger partial charge in [-0.1, -0.05) is 0 Å². The lowest BCUT2D eigenvalue weighted by Gasteiger charge is -2.34. The first-order valence-electron chi connectivity index (χ1n) is 7.79. The Balaban J connectivity index is 1.49. The van der Waals surface area contributed by atoms with Crippen LogP contribution in [0.1, 0.15) is 19.8 Å². The molecule has 2 fully saturated rings. The van der Waals surface area contributed by atoms with Gasteiger partial charge in [0.05, 0.1) is 0 Å². The first-order chi connectivity index (χ1) is 10.6. The second-order valence-electron chi connectivity index (χ2n) is 5.94. The molecule has 1 saturated heterocycles. The normalized spacial score (nSPS) is 18.9. The Labute approximate surface area is 130 Å². The molecule has 6 heteroatoms. The maximum absolute atomic E-state index is 12.2. The number of piperazine rings is 1. The van der Waals surface area contributed by atoms with E-state index in [1.54, 1.807) is 24.3 Å². The molecular weight excluding hydrogens is 280 g/mol. The summed E-state index contributed by atoms with van der Waals surface area (Å²) in [5.41, 5.74) is 1.47.